The lowest BCUT2D eigenvalue weighted by Crippen LogP contribution is -2.41. The first-order chi connectivity index (χ1) is 9.80. The Balaban J connectivity index is 2.02. The molecular weight excluding hydrogens is 264 g/mol. The van der Waals surface area contributed by atoms with E-state index in [1.165, 1.54) is 48.3 Å². The minimum absolute atomic E-state index is 0.410. The minimum atomic E-state index is 0.410. The first kappa shape index (κ1) is 15.9. The van der Waals surface area contributed by atoms with Gasteiger partial charge in [-0.15, -0.1) is 11.8 Å². The summed E-state index contributed by atoms with van der Waals surface area (Å²) in [7, 11) is 0. The fourth-order valence-electron chi connectivity index (χ4n) is 3.21. The van der Waals surface area contributed by atoms with Crippen molar-refractivity contribution in [2.75, 3.05) is 5.75 Å². The van der Waals surface area contributed by atoms with E-state index in [1.54, 1.807) is 0 Å². The molecule has 2 nitrogen and oxygen atoms in total. The van der Waals surface area contributed by atoms with E-state index in [4.69, 9.17) is 5.84 Å². The summed E-state index contributed by atoms with van der Waals surface area (Å²) in [6, 6.07) is 9.21. The maximum absolute atomic E-state index is 5.88. The van der Waals surface area contributed by atoms with Crippen LogP contribution in [0.3, 0.4) is 0 Å². The maximum atomic E-state index is 5.88. The highest BCUT2D eigenvalue weighted by Crippen LogP contribution is 2.42. The predicted octanol–water partition coefficient (Wildman–Crippen LogP) is 4.31. The standard InChI is InChI=1S/C17H28N2S/c1-3-5-8-13(4-2)11-16(19-18)15-12-20-17-10-7-6-9-14(15)17/h6-7,9-10,13,15-16,19H,3-5,8,11-12,18H2,1-2H3. The highest BCUT2D eigenvalue weighted by atomic mass is 32.2. The number of nitrogens with one attached hydrogen (secondary N) is 1. The Kier molecular flexibility index (Phi) is 6.40. The van der Waals surface area contributed by atoms with Crippen molar-refractivity contribution >= 4 is 11.8 Å². The van der Waals surface area contributed by atoms with Gasteiger partial charge in [0, 0.05) is 22.6 Å². The summed E-state index contributed by atoms with van der Waals surface area (Å²) in [5, 5.41) is 0. The second kappa shape index (κ2) is 8.06. The summed E-state index contributed by atoms with van der Waals surface area (Å²) in [5.41, 5.74) is 4.60. The number of fused-ring (bicyclic) bond motifs is 1. The van der Waals surface area contributed by atoms with E-state index in [1.807, 2.05) is 11.8 Å². The average molecular weight is 292 g/mol. The van der Waals surface area contributed by atoms with Crippen molar-refractivity contribution in [2.45, 2.75) is 62.8 Å². The van der Waals surface area contributed by atoms with Crippen LogP contribution >= 0.6 is 11.8 Å². The van der Waals surface area contributed by atoms with Gasteiger partial charge < -0.3 is 0 Å². The Hall–Kier alpha value is -0.510. The molecule has 2 rings (SSSR count). The Bertz CT molecular complexity index is 408. The molecule has 0 aromatic heterocycles. The zero-order chi connectivity index (χ0) is 14.4. The summed E-state index contributed by atoms with van der Waals surface area (Å²) in [6.07, 6.45) is 6.43. The summed E-state index contributed by atoms with van der Waals surface area (Å²) >= 11 is 1.98. The first-order valence-corrected chi connectivity index (χ1v) is 8.96. The molecule has 0 radical (unpaired) electrons. The smallest absolute Gasteiger partial charge is 0.0290 e. The van der Waals surface area contributed by atoms with Crippen molar-refractivity contribution in [2.24, 2.45) is 11.8 Å². The van der Waals surface area contributed by atoms with Crippen LogP contribution in [0.1, 0.15) is 57.4 Å². The van der Waals surface area contributed by atoms with Crippen molar-refractivity contribution in [1.82, 2.24) is 5.43 Å². The van der Waals surface area contributed by atoms with Crippen LogP contribution < -0.4 is 11.3 Å². The zero-order valence-corrected chi connectivity index (χ0v) is 13.6. The fraction of sp³-hybridized carbons (Fsp3) is 0.647. The van der Waals surface area contributed by atoms with Crippen molar-refractivity contribution in [3.05, 3.63) is 29.8 Å². The summed E-state index contributed by atoms with van der Waals surface area (Å²) < 4.78 is 0. The number of unbranched alkanes of at least 4 members (excludes halogenated alkanes) is 1. The van der Waals surface area contributed by atoms with Crippen LogP contribution in [-0.4, -0.2) is 11.8 Å². The van der Waals surface area contributed by atoms with Gasteiger partial charge in [-0.1, -0.05) is 57.7 Å². The van der Waals surface area contributed by atoms with Gasteiger partial charge in [0.05, 0.1) is 0 Å². The van der Waals surface area contributed by atoms with E-state index < -0.39 is 0 Å². The number of hydrogen-bond acceptors (Lipinski definition) is 3. The highest BCUT2D eigenvalue weighted by molar-refractivity contribution is 7.99. The second-order valence-corrected chi connectivity index (χ2v) is 6.94. The predicted molar refractivity (Wildman–Crippen MR) is 88.9 cm³/mol. The van der Waals surface area contributed by atoms with Crippen molar-refractivity contribution in [3.63, 3.8) is 0 Å². The van der Waals surface area contributed by atoms with E-state index in [2.05, 4.69) is 43.5 Å². The van der Waals surface area contributed by atoms with Crippen LogP contribution in [-0.2, 0) is 0 Å². The lowest BCUT2D eigenvalue weighted by atomic mass is 9.84. The molecule has 112 valence electrons. The van der Waals surface area contributed by atoms with Crippen LogP contribution in [0.2, 0.25) is 0 Å². The van der Waals surface area contributed by atoms with Crippen molar-refractivity contribution in [3.8, 4) is 0 Å². The van der Waals surface area contributed by atoms with E-state index >= 15 is 0 Å². The third kappa shape index (κ3) is 3.78. The van der Waals surface area contributed by atoms with Crippen molar-refractivity contribution < 1.29 is 0 Å². The van der Waals surface area contributed by atoms with Crippen LogP contribution in [0.25, 0.3) is 0 Å². The molecule has 1 aromatic rings. The number of nitrogens with two attached hydrogens (primary N) is 1. The maximum Gasteiger partial charge on any atom is 0.0290 e. The number of rotatable bonds is 8. The van der Waals surface area contributed by atoms with Crippen LogP contribution in [0.5, 0.6) is 0 Å². The average Bonchev–Trinajstić information content (AvgIpc) is 2.92. The quantitative estimate of drug-likeness (QED) is 0.554. The number of hydrazine groups is 1. The number of benzene rings is 1. The molecule has 0 saturated heterocycles. The molecule has 0 bridgehead atoms. The topological polar surface area (TPSA) is 38.0 Å². The molecule has 3 N–H and O–H groups in total. The third-order valence-electron chi connectivity index (χ3n) is 4.57. The van der Waals surface area contributed by atoms with E-state index in [0.29, 0.717) is 12.0 Å². The largest absolute Gasteiger partial charge is 0.271 e. The molecule has 3 unspecified atom stereocenters. The Morgan fingerprint density at radius 2 is 2.15 bits per heavy atom. The molecule has 1 aliphatic heterocycles. The number of thioether (sulfide) groups is 1. The molecule has 0 aliphatic carbocycles. The molecule has 3 atom stereocenters. The molecular formula is C17H28N2S. The summed E-state index contributed by atoms with van der Waals surface area (Å²) in [5.74, 6) is 8.41. The third-order valence-corrected chi connectivity index (χ3v) is 5.78. The second-order valence-electron chi connectivity index (χ2n) is 5.88. The molecule has 20 heavy (non-hydrogen) atoms. The monoisotopic (exact) mass is 292 g/mol. The molecule has 3 heteroatoms. The first-order valence-electron chi connectivity index (χ1n) is 7.97. The van der Waals surface area contributed by atoms with Gasteiger partial charge in [-0.25, -0.2) is 0 Å². The Morgan fingerprint density at radius 3 is 2.85 bits per heavy atom. The van der Waals surface area contributed by atoms with E-state index in [9.17, 15) is 0 Å². The molecule has 0 fully saturated rings. The molecule has 0 spiro atoms. The SMILES string of the molecule is CCCCC(CC)CC(NN)C1CSc2ccccc21. The van der Waals surface area contributed by atoms with Gasteiger partial charge in [-0.2, -0.15) is 0 Å². The van der Waals surface area contributed by atoms with Gasteiger partial charge in [0.2, 0.25) is 0 Å². The Labute approximate surface area is 127 Å². The van der Waals surface area contributed by atoms with Crippen molar-refractivity contribution in [1.29, 1.82) is 0 Å². The van der Waals surface area contributed by atoms with Crippen LogP contribution in [0.15, 0.2) is 29.2 Å². The molecule has 0 amide bonds. The lowest BCUT2D eigenvalue weighted by Gasteiger charge is -2.27. The summed E-state index contributed by atoms with van der Waals surface area (Å²) in [6.45, 7) is 4.58. The zero-order valence-electron chi connectivity index (χ0n) is 12.8. The van der Waals surface area contributed by atoms with Gasteiger partial charge >= 0.3 is 0 Å². The fourth-order valence-corrected chi connectivity index (χ4v) is 4.54. The van der Waals surface area contributed by atoms with Gasteiger partial charge in [0.25, 0.3) is 0 Å². The van der Waals surface area contributed by atoms with Crippen LogP contribution in [0, 0.1) is 5.92 Å². The molecule has 1 aliphatic rings. The van der Waals surface area contributed by atoms with Gasteiger partial charge in [0.15, 0.2) is 0 Å². The van der Waals surface area contributed by atoms with Gasteiger partial charge in [-0.05, 0) is 24.0 Å². The lowest BCUT2D eigenvalue weighted by molar-refractivity contribution is 0.328. The molecule has 1 heterocycles. The normalized spacial score (nSPS) is 20.6. The number of hydrogen-bond donors (Lipinski definition) is 2. The highest BCUT2D eigenvalue weighted by Gasteiger charge is 2.30. The van der Waals surface area contributed by atoms with E-state index in [-0.39, 0.29) is 0 Å². The van der Waals surface area contributed by atoms with E-state index in [0.717, 1.165) is 5.92 Å². The van der Waals surface area contributed by atoms with Crippen LogP contribution in [0.4, 0.5) is 0 Å². The van der Waals surface area contributed by atoms with Gasteiger partial charge in [0.1, 0.15) is 0 Å². The molecule has 0 saturated carbocycles. The summed E-state index contributed by atoms with van der Waals surface area (Å²) in [4.78, 5) is 1.44. The minimum Gasteiger partial charge on any atom is -0.271 e. The van der Waals surface area contributed by atoms with Gasteiger partial charge in [-0.3, -0.25) is 11.3 Å². The Morgan fingerprint density at radius 1 is 1.35 bits per heavy atom. The molecule has 1 aromatic carbocycles.